The van der Waals surface area contributed by atoms with Gasteiger partial charge in [-0.3, -0.25) is 4.79 Å². The first-order valence-electron chi connectivity index (χ1n) is 7.07. The van der Waals surface area contributed by atoms with Crippen molar-refractivity contribution in [2.24, 2.45) is 0 Å². The van der Waals surface area contributed by atoms with Crippen LogP contribution in [0.5, 0.6) is 0 Å². The van der Waals surface area contributed by atoms with Crippen molar-refractivity contribution in [3.8, 4) is 5.69 Å². The van der Waals surface area contributed by atoms with E-state index in [0.29, 0.717) is 11.3 Å². The molecule has 110 valence electrons. The van der Waals surface area contributed by atoms with Gasteiger partial charge in [0.1, 0.15) is 0 Å². The van der Waals surface area contributed by atoms with E-state index in [9.17, 15) is 4.79 Å². The minimum absolute atomic E-state index is 0.0765. The second kappa shape index (κ2) is 6.22. The van der Waals surface area contributed by atoms with Crippen molar-refractivity contribution < 1.29 is 4.79 Å². The summed E-state index contributed by atoms with van der Waals surface area (Å²) in [7, 11) is 0. The largest absolute Gasteiger partial charge is 0.345 e. The van der Waals surface area contributed by atoms with Gasteiger partial charge in [0.05, 0.1) is 29.7 Å². The second-order valence-corrected chi connectivity index (χ2v) is 4.94. The number of aromatic nitrogens is 3. The molecular weight excluding hydrogens is 276 g/mol. The Labute approximate surface area is 128 Å². The zero-order valence-corrected chi connectivity index (χ0v) is 12.2. The van der Waals surface area contributed by atoms with Crippen molar-refractivity contribution in [1.82, 2.24) is 20.3 Å². The molecule has 3 aromatic rings. The molecule has 5 nitrogen and oxygen atoms in total. The van der Waals surface area contributed by atoms with Crippen molar-refractivity contribution >= 4 is 5.91 Å². The molecule has 0 aliphatic carbocycles. The van der Waals surface area contributed by atoms with Crippen molar-refractivity contribution in [3.05, 3.63) is 78.1 Å². The molecule has 0 saturated carbocycles. The smallest absolute Gasteiger partial charge is 0.254 e. The molecule has 0 spiro atoms. The second-order valence-electron chi connectivity index (χ2n) is 4.94. The van der Waals surface area contributed by atoms with Crippen molar-refractivity contribution in [2.75, 3.05) is 0 Å². The summed E-state index contributed by atoms with van der Waals surface area (Å²) < 4.78 is 0. The Balaban J connectivity index is 1.84. The molecule has 1 aromatic heterocycles. The van der Waals surface area contributed by atoms with Crippen LogP contribution in [0.15, 0.2) is 67.0 Å². The molecule has 1 amide bonds. The highest BCUT2D eigenvalue weighted by molar-refractivity contribution is 5.97. The highest BCUT2D eigenvalue weighted by atomic mass is 16.1. The standard InChI is InChI=1S/C17H16N4O/c1-13(14-7-3-2-4-8-14)20-17(22)15-9-5-6-10-16(15)21-18-11-12-19-21/h2-13H,1H3,(H,20,22)/t13-/m1/s1. The number of rotatable bonds is 4. The van der Waals surface area contributed by atoms with Crippen molar-refractivity contribution in [3.63, 3.8) is 0 Å². The van der Waals surface area contributed by atoms with Crippen LogP contribution < -0.4 is 5.32 Å². The Morgan fingerprint density at radius 1 is 1.00 bits per heavy atom. The van der Waals surface area contributed by atoms with Gasteiger partial charge in [0.25, 0.3) is 5.91 Å². The van der Waals surface area contributed by atoms with E-state index in [1.807, 2.05) is 55.5 Å². The number of para-hydroxylation sites is 1. The summed E-state index contributed by atoms with van der Waals surface area (Å²) in [5, 5.41) is 11.2. The lowest BCUT2D eigenvalue weighted by Gasteiger charge is -2.15. The average Bonchev–Trinajstić information content (AvgIpc) is 3.10. The van der Waals surface area contributed by atoms with Crippen LogP contribution in [0.4, 0.5) is 0 Å². The molecule has 1 atom stereocenters. The fourth-order valence-corrected chi connectivity index (χ4v) is 2.28. The highest BCUT2D eigenvalue weighted by Gasteiger charge is 2.16. The van der Waals surface area contributed by atoms with Crippen LogP contribution in [0.1, 0.15) is 28.9 Å². The van der Waals surface area contributed by atoms with Crippen LogP contribution in [0.2, 0.25) is 0 Å². The van der Waals surface area contributed by atoms with Crippen LogP contribution >= 0.6 is 0 Å². The van der Waals surface area contributed by atoms with Gasteiger partial charge in [-0.25, -0.2) is 0 Å². The third-order valence-corrected chi connectivity index (χ3v) is 3.43. The highest BCUT2D eigenvalue weighted by Crippen LogP contribution is 2.16. The monoisotopic (exact) mass is 292 g/mol. The molecule has 0 radical (unpaired) electrons. The van der Waals surface area contributed by atoms with Crippen molar-refractivity contribution in [2.45, 2.75) is 13.0 Å². The molecule has 0 aliphatic heterocycles. The Hall–Kier alpha value is -2.95. The molecule has 0 saturated heterocycles. The minimum atomic E-state index is -0.149. The lowest BCUT2D eigenvalue weighted by Crippen LogP contribution is -2.27. The lowest BCUT2D eigenvalue weighted by atomic mass is 10.1. The van der Waals surface area contributed by atoms with Gasteiger partial charge in [0, 0.05) is 0 Å². The van der Waals surface area contributed by atoms with Gasteiger partial charge < -0.3 is 5.32 Å². The number of hydrogen-bond donors (Lipinski definition) is 1. The zero-order valence-electron chi connectivity index (χ0n) is 12.2. The molecule has 0 bridgehead atoms. The summed E-state index contributed by atoms with van der Waals surface area (Å²) in [6.45, 7) is 1.96. The summed E-state index contributed by atoms with van der Waals surface area (Å²) >= 11 is 0. The van der Waals surface area contributed by atoms with Gasteiger partial charge in [0.15, 0.2) is 0 Å². The number of carbonyl (C=O) groups is 1. The molecular formula is C17H16N4O. The van der Waals surface area contributed by atoms with E-state index in [1.54, 1.807) is 18.5 Å². The van der Waals surface area contributed by atoms with Crippen molar-refractivity contribution in [1.29, 1.82) is 0 Å². The fraction of sp³-hybridized carbons (Fsp3) is 0.118. The predicted molar refractivity (Wildman–Crippen MR) is 83.7 cm³/mol. The van der Waals surface area contributed by atoms with E-state index < -0.39 is 0 Å². The number of nitrogens with zero attached hydrogens (tertiary/aromatic N) is 3. The predicted octanol–water partition coefficient (Wildman–Crippen LogP) is 2.76. The van der Waals surface area contributed by atoms with Gasteiger partial charge in [-0.05, 0) is 24.6 Å². The maximum atomic E-state index is 12.6. The maximum absolute atomic E-state index is 12.6. The lowest BCUT2D eigenvalue weighted by molar-refractivity contribution is 0.0939. The third kappa shape index (κ3) is 2.88. The Morgan fingerprint density at radius 2 is 1.64 bits per heavy atom. The Bertz CT molecular complexity index is 753. The molecule has 1 N–H and O–H groups in total. The van der Waals surface area contributed by atoms with Crippen LogP contribution in [-0.2, 0) is 0 Å². The normalized spacial score (nSPS) is 11.9. The minimum Gasteiger partial charge on any atom is -0.345 e. The molecule has 1 heterocycles. The number of nitrogens with one attached hydrogen (secondary N) is 1. The SMILES string of the molecule is C[C@@H](NC(=O)c1ccccc1-n1nccn1)c1ccccc1. The molecule has 0 aliphatic rings. The third-order valence-electron chi connectivity index (χ3n) is 3.43. The molecule has 3 rings (SSSR count). The molecule has 0 fully saturated rings. The number of hydrogen-bond acceptors (Lipinski definition) is 3. The summed E-state index contributed by atoms with van der Waals surface area (Å²) in [6, 6.07) is 17.1. The van der Waals surface area contributed by atoms with E-state index in [1.165, 1.54) is 4.80 Å². The van der Waals surface area contributed by atoms with E-state index >= 15 is 0 Å². The van der Waals surface area contributed by atoms with Crippen LogP contribution in [-0.4, -0.2) is 20.9 Å². The zero-order chi connectivity index (χ0) is 15.4. The summed E-state index contributed by atoms with van der Waals surface area (Å²) in [4.78, 5) is 14.0. The first-order chi connectivity index (χ1) is 10.8. The summed E-state index contributed by atoms with van der Waals surface area (Å²) in [6.07, 6.45) is 3.17. The first-order valence-corrected chi connectivity index (χ1v) is 7.07. The van der Waals surface area contributed by atoms with Gasteiger partial charge in [-0.2, -0.15) is 15.0 Å². The molecule has 0 unspecified atom stereocenters. The van der Waals surface area contributed by atoms with Gasteiger partial charge in [-0.1, -0.05) is 42.5 Å². The Kier molecular flexibility index (Phi) is 3.96. The first kappa shape index (κ1) is 14.0. The molecule has 22 heavy (non-hydrogen) atoms. The topological polar surface area (TPSA) is 59.8 Å². The number of carbonyl (C=O) groups excluding carboxylic acids is 1. The van der Waals surface area contributed by atoms with Crippen LogP contribution in [0.3, 0.4) is 0 Å². The van der Waals surface area contributed by atoms with E-state index in [4.69, 9.17) is 0 Å². The summed E-state index contributed by atoms with van der Waals surface area (Å²) in [5.41, 5.74) is 2.26. The van der Waals surface area contributed by atoms with Crippen LogP contribution in [0, 0.1) is 0 Å². The molecule has 2 aromatic carbocycles. The molecule has 5 heteroatoms. The van der Waals surface area contributed by atoms with Gasteiger partial charge in [0.2, 0.25) is 0 Å². The van der Waals surface area contributed by atoms with Gasteiger partial charge in [-0.15, -0.1) is 0 Å². The number of benzene rings is 2. The summed E-state index contributed by atoms with van der Waals surface area (Å²) in [5.74, 6) is -0.149. The number of amides is 1. The van der Waals surface area contributed by atoms with E-state index in [-0.39, 0.29) is 11.9 Å². The van der Waals surface area contributed by atoms with E-state index in [0.717, 1.165) is 5.56 Å². The maximum Gasteiger partial charge on any atom is 0.254 e. The van der Waals surface area contributed by atoms with E-state index in [2.05, 4.69) is 15.5 Å². The Morgan fingerprint density at radius 3 is 2.36 bits per heavy atom. The van der Waals surface area contributed by atoms with Crippen LogP contribution in [0.25, 0.3) is 5.69 Å². The fourth-order valence-electron chi connectivity index (χ4n) is 2.28. The quantitative estimate of drug-likeness (QED) is 0.804. The van der Waals surface area contributed by atoms with Gasteiger partial charge >= 0.3 is 0 Å². The average molecular weight is 292 g/mol.